The van der Waals surface area contributed by atoms with Crippen LogP contribution in [-0.2, 0) is 28.6 Å². The van der Waals surface area contributed by atoms with Crippen molar-refractivity contribution >= 4 is 17.9 Å². The van der Waals surface area contributed by atoms with Crippen LogP contribution in [0, 0.1) is 0 Å². The van der Waals surface area contributed by atoms with E-state index in [1.54, 1.807) is 0 Å². The standard InChI is InChI=1S/C49H84O6/c1-4-7-10-13-16-19-22-24-26-27-30-33-36-39-42-48(51)54-45-46(44-53-47(50)41-38-35-32-29-21-18-15-12-9-6-3)55-49(52)43-40-37-34-31-28-25-23-20-17-14-11-8-5-2/h7-8,10-11,14,16-17,19-20,23,46H,4-6,9,12-13,15,18,21-22,24-45H2,1-3H3/b10-7-,11-8-,17-14-,19-16-,23-20-. The predicted octanol–water partition coefficient (Wildman–Crippen LogP) is 14.5. The molecule has 6 nitrogen and oxygen atoms in total. The van der Waals surface area contributed by atoms with Crippen molar-refractivity contribution in [2.24, 2.45) is 0 Å². The largest absolute Gasteiger partial charge is 0.462 e. The summed E-state index contributed by atoms with van der Waals surface area (Å²) in [7, 11) is 0. The second-order valence-corrected chi connectivity index (χ2v) is 15.0. The van der Waals surface area contributed by atoms with E-state index in [2.05, 4.69) is 81.5 Å². The zero-order chi connectivity index (χ0) is 40.1. The van der Waals surface area contributed by atoms with Gasteiger partial charge in [0.05, 0.1) is 0 Å². The van der Waals surface area contributed by atoms with Crippen molar-refractivity contribution in [3.05, 3.63) is 60.8 Å². The first kappa shape index (κ1) is 52.1. The fourth-order valence-electron chi connectivity index (χ4n) is 6.18. The highest BCUT2D eigenvalue weighted by molar-refractivity contribution is 5.71. The van der Waals surface area contributed by atoms with E-state index in [1.165, 1.54) is 70.6 Å². The smallest absolute Gasteiger partial charge is 0.306 e. The van der Waals surface area contributed by atoms with E-state index in [0.29, 0.717) is 19.3 Å². The number of hydrogen-bond acceptors (Lipinski definition) is 6. The van der Waals surface area contributed by atoms with E-state index in [-0.39, 0.29) is 31.1 Å². The van der Waals surface area contributed by atoms with Gasteiger partial charge in [-0.15, -0.1) is 0 Å². The molecule has 0 heterocycles. The van der Waals surface area contributed by atoms with Gasteiger partial charge in [0.25, 0.3) is 0 Å². The molecule has 0 amide bonds. The lowest BCUT2D eigenvalue weighted by Crippen LogP contribution is -2.30. The van der Waals surface area contributed by atoms with Gasteiger partial charge >= 0.3 is 17.9 Å². The molecule has 0 aromatic carbocycles. The Balaban J connectivity index is 4.41. The molecule has 1 unspecified atom stereocenters. The number of unbranched alkanes of at least 4 members (excludes halogenated alkanes) is 21. The number of ether oxygens (including phenoxy) is 3. The second-order valence-electron chi connectivity index (χ2n) is 15.0. The quantitative estimate of drug-likeness (QED) is 0.0203. The van der Waals surface area contributed by atoms with Crippen LogP contribution in [0.1, 0.15) is 213 Å². The first-order chi connectivity index (χ1) is 27.0. The van der Waals surface area contributed by atoms with Crippen LogP contribution in [0.25, 0.3) is 0 Å². The van der Waals surface area contributed by atoms with Gasteiger partial charge in [-0.2, -0.15) is 0 Å². The molecule has 316 valence electrons. The molecule has 0 fully saturated rings. The summed E-state index contributed by atoms with van der Waals surface area (Å²) in [4.78, 5) is 37.7. The zero-order valence-corrected chi connectivity index (χ0v) is 35.9. The number of carbonyl (C=O) groups excluding carboxylic acids is 3. The van der Waals surface area contributed by atoms with E-state index in [0.717, 1.165) is 103 Å². The Morgan fingerprint density at radius 2 is 0.800 bits per heavy atom. The Kier molecular flexibility index (Phi) is 41.5. The second kappa shape index (κ2) is 43.8. The molecule has 0 aromatic heterocycles. The third kappa shape index (κ3) is 42.1. The fraction of sp³-hybridized carbons (Fsp3) is 0.735. The third-order valence-corrected chi connectivity index (χ3v) is 9.58. The predicted molar refractivity (Wildman–Crippen MR) is 233 cm³/mol. The normalized spacial score (nSPS) is 12.6. The van der Waals surface area contributed by atoms with Gasteiger partial charge in [-0.3, -0.25) is 14.4 Å². The molecule has 0 radical (unpaired) electrons. The minimum atomic E-state index is -0.783. The van der Waals surface area contributed by atoms with Gasteiger partial charge in [0, 0.05) is 19.3 Å². The molecule has 6 heteroatoms. The summed E-state index contributed by atoms with van der Waals surface area (Å²) < 4.78 is 16.7. The molecular weight excluding hydrogens is 685 g/mol. The lowest BCUT2D eigenvalue weighted by molar-refractivity contribution is -0.167. The Labute approximate surface area is 339 Å². The Hall–Kier alpha value is -2.89. The van der Waals surface area contributed by atoms with Gasteiger partial charge in [0.15, 0.2) is 6.10 Å². The summed E-state index contributed by atoms with van der Waals surface area (Å²) in [6.07, 6.45) is 52.0. The molecule has 0 aromatic rings. The molecule has 0 aliphatic rings. The molecule has 0 aliphatic carbocycles. The minimum Gasteiger partial charge on any atom is -0.462 e. The topological polar surface area (TPSA) is 78.9 Å². The van der Waals surface area contributed by atoms with Crippen molar-refractivity contribution in [2.75, 3.05) is 13.2 Å². The van der Waals surface area contributed by atoms with Gasteiger partial charge < -0.3 is 14.2 Å². The van der Waals surface area contributed by atoms with Gasteiger partial charge in [-0.25, -0.2) is 0 Å². The molecule has 0 saturated heterocycles. The van der Waals surface area contributed by atoms with Crippen LogP contribution < -0.4 is 0 Å². The Morgan fingerprint density at radius 1 is 0.400 bits per heavy atom. The molecule has 0 spiro atoms. The summed E-state index contributed by atoms with van der Waals surface area (Å²) in [6.45, 7) is 6.35. The van der Waals surface area contributed by atoms with Crippen molar-refractivity contribution < 1.29 is 28.6 Å². The Morgan fingerprint density at radius 3 is 1.29 bits per heavy atom. The van der Waals surface area contributed by atoms with Crippen molar-refractivity contribution in [3.8, 4) is 0 Å². The fourth-order valence-corrected chi connectivity index (χ4v) is 6.18. The maximum absolute atomic E-state index is 12.7. The first-order valence-corrected chi connectivity index (χ1v) is 22.8. The summed E-state index contributed by atoms with van der Waals surface area (Å²) in [5, 5.41) is 0. The van der Waals surface area contributed by atoms with E-state index >= 15 is 0 Å². The lowest BCUT2D eigenvalue weighted by Gasteiger charge is -2.18. The van der Waals surface area contributed by atoms with Crippen molar-refractivity contribution in [2.45, 2.75) is 219 Å². The van der Waals surface area contributed by atoms with E-state index in [1.807, 2.05) is 0 Å². The van der Waals surface area contributed by atoms with Gasteiger partial charge in [-0.1, -0.05) is 191 Å². The molecule has 0 saturated carbocycles. The van der Waals surface area contributed by atoms with Crippen LogP contribution in [0.4, 0.5) is 0 Å². The van der Waals surface area contributed by atoms with E-state index in [9.17, 15) is 14.4 Å². The molecular formula is C49H84O6. The zero-order valence-electron chi connectivity index (χ0n) is 35.9. The molecule has 55 heavy (non-hydrogen) atoms. The highest BCUT2D eigenvalue weighted by Crippen LogP contribution is 2.14. The molecule has 1 atom stereocenters. The highest BCUT2D eigenvalue weighted by atomic mass is 16.6. The van der Waals surface area contributed by atoms with Crippen LogP contribution in [0.15, 0.2) is 60.8 Å². The number of carbonyl (C=O) groups is 3. The van der Waals surface area contributed by atoms with Crippen LogP contribution in [0.2, 0.25) is 0 Å². The highest BCUT2D eigenvalue weighted by Gasteiger charge is 2.19. The Bertz CT molecular complexity index is 1020. The molecule has 0 N–H and O–H groups in total. The van der Waals surface area contributed by atoms with Gasteiger partial charge in [-0.05, 0) is 64.2 Å². The molecule has 0 rings (SSSR count). The minimum absolute atomic E-state index is 0.0844. The average Bonchev–Trinajstić information content (AvgIpc) is 3.18. The van der Waals surface area contributed by atoms with E-state index < -0.39 is 6.10 Å². The van der Waals surface area contributed by atoms with Crippen molar-refractivity contribution in [3.63, 3.8) is 0 Å². The first-order valence-electron chi connectivity index (χ1n) is 22.8. The monoisotopic (exact) mass is 769 g/mol. The van der Waals surface area contributed by atoms with Crippen LogP contribution >= 0.6 is 0 Å². The number of hydrogen-bond donors (Lipinski definition) is 0. The van der Waals surface area contributed by atoms with Crippen LogP contribution in [0.5, 0.6) is 0 Å². The van der Waals surface area contributed by atoms with Gasteiger partial charge in [0.1, 0.15) is 13.2 Å². The van der Waals surface area contributed by atoms with Crippen molar-refractivity contribution in [1.29, 1.82) is 0 Å². The summed E-state index contributed by atoms with van der Waals surface area (Å²) in [6, 6.07) is 0. The van der Waals surface area contributed by atoms with Crippen LogP contribution in [-0.4, -0.2) is 37.2 Å². The van der Waals surface area contributed by atoms with Gasteiger partial charge in [0.2, 0.25) is 0 Å². The number of rotatable bonds is 40. The summed E-state index contributed by atoms with van der Waals surface area (Å²) in [5.74, 6) is -0.918. The lowest BCUT2D eigenvalue weighted by atomic mass is 10.1. The number of esters is 3. The SMILES string of the molecule is CC\C=C/C=C\C=C/CCCCCCCC(=O)OC(COC(=O)CCCCCCCCC/C=C\C/C=C\CC)COC(=O)CCCCCCCCCCCC. The maximum Gasteiger partial charge on any atom is 0.306 e. The summed E-state index contributed by atoms with van der Waals surface area (Å²) >= 11 is 0. The third-order valence-electron chi connectivity index (χ3n) is 9.58. The molecule has 0 bridgehead atoms. The van der Waals surface area contributed by atoms with Crippen LogP contribution in [0.3, 0.4) is 0 Å². The maximum atomic E-state index is 12.7. The van der Waals surface area contributed by atoms with E-state index in [4.69, 9.17) is 14.2 Å². The average molecular weight is 769 g/mol. The molecule has 0 aliphatic heterocycles. The number of allylic oxidation sites excluding steroid dienone is 10. The van der Waals surface area contributed by atoms with Crippen molar-refractivity contribution in [1.82, 2.24) is 0 Å². The summed E-state index contributed by atoms with van der Waals surface area (Å²) in [5.41, 5.74) is 0.